The SMILES string of the molecule is CCN(CC)CCCOc1ccc(/C=C/C(=O)C(C)(C)C(=O)/C=C/c2ccc(OCCCN(CC)CC)c(OC)c2)cc1OC. The molecule has 0 N–H and O–H groups in total. The summed E-state index contributed by atoms with van der Waals surface area (Å²) in [5, 5.41) is 0. The molecule has 2 aromatic rings. The average molecular weight is 623 g/mol. The minimum Gasteiger partial charge on any atom is -0.493 e. The van der Waals surface area contributed by atoms with Crippen LogP contribution in [-0.4, -0.2) is 88.1 Å². The minimum absolute atomic E-state index is 0.293. The molecule has 248 valence electrons. The summed E-state index contributed by atoms with van der Waals surface area (Å²) in [6.45, 7) is 19.1. The first-order chi connectivity index (χ1) is 21.6. The molecule has 0 spiro atoms. The molecule has 0 bridgehead atoms. The van der Waals surface area contributed by atoms with Crippen LogP contribution >= 0.6 is 0 Å². The summed E-state index contributed by atoms with van der Waals surface area (Å²) >= 11 is 0. The molecular weight excluding hydrogens is 568 g/mol. The number of benzene rings is 2. The number of hydrogen-bond donors (Lipinski definition) is 0. The topological polar surface area (TPSA) is 77.5 Å². The van der Waals surface area contributed by atoms with Crippen molar-refractivity contribution in [3.8, 4) is 23.0 Å². The average Bonchev–Trinajstić information content (AvgIpc) is 3.06. The van der Waals surface area contributed by atoms with Gasteiger partial charge >= 0.3 is 0 Å². The van der Waals surface area contributed by atoms with E-state index in [0.29, 0.717) is 36.2 Å². The first-order valence-electron chi connectivity index (χ1n) is 16.1. The van der Waals surface area contributed by atoms with Crippen molar-refractivity contribution >= 4 is 23.7 Å². The van der Waals surface area contributed by atoms with Gasteiger partial charge in [0, 0.05) is 13.1 Å². The largest absolute Gasteiger partial charge is 0.493 e. The maximum absolute atomic E-state index is 13.1. The predicted molar refractivity (Wildman–Crippen MR) is 184 cm³/mol. The van der Waals surface area contributed by atoms with Gasteiger partial charge in [-0.3, -0.25) is 9.59 Å². The van der Waals surface area contributed by atoms with Gasteiger partial charge in [-0.2, -0.15) is 0 Å². The lowest BCUT2D eigenvalue weighted by Gasteiger charge is -2.18. The summed E-state index contributed by atoms with van der Waals surface area (Å²) in [5.74, 6) is 1.92. The van der Waals surface area contributed by atoms with E-state index in [1.807, 2.05) is 36.4 Å². The highest BCUT2D eigenvalue weighted by molar-refractivity contribution is 6.16. The van der Waals surface area contributed by atoms with E-state index in [-0.39, 0.29) is 11.6 Å². The van der Waals surface area contributed by atoms with Crippen LogP contribution in [-0.2, 0) is 9.59 Å². The third-order valence-electron chi connectivity index (χ3n) is 8.00. The second-order valence-electron chi connectivity index (χ2n) is 11.3. The molecule has 0 aliphatic rings. The molecule has 0 fully saturated rings. The van der Waals surface area contributed by atoms with E-state index in [9.17, 15) is 9.59 Å². The van der Waals surface area contributed by atoms with Crippen LogP contribution in [0.1, 0.15) is 65.5 Å². The van der Waals surface area contributed by atoms with Crippen molar-refractivity contribution in [1.29, 1.82) is 0 Å². The Bertz CT molecular complexity index is 1170. The molecule has 0 radical (unpaired) electrons. The normalized spacial score (nSPS) is 12.0. The Morgan fingerprint density at radius 2 is 1.02 bits per heavy atom. The van der Waals surface area contributed by atoms with Crippen molar-refractivity contribution in [1.82, 2.24) is 9.80 Å². The Labute approximate surface area is 271 Å². The van der Waals surface area contributed by atoms with Crippen LogP contribution in [0.2, 0.25) is 0 Å². The van der Waals surface area contributed by atoms with Crippen LogP contribution in [0, 0.1) is 5.41 Å². The van der Waals surface area contributed by atoms with Crippen LogP contribution < -0.4 is 18.9 Å². The highest BCUT2D eigenvalue weighted by atomic mass is 16.5. The van der Waals surface area contributed by atoms with Crippen molar-refractivity contribution in [2.75, 3.05) is 66.7 Å². The molecule has 0 aliphatic carbocycles. The zero-order chi connectivity index (χ0) is 33.2. The summed E-state index contributed by atoms with van der Waals surface area (Å²) in [6.07, 6.45) is 8.12. The number of methoxy groups -OCH3 is 2. The van der Waals surface area contributed by atoms with E-state index in [2.05, 4.69) is 37.5 Å². The van der Waals surface area contributed by atoms with Gasteiger partial charge in [-0.05, 0) is 100 Å². The second kappa shape index (κ2) is 19.7. The number of nitrogens with zero attached hydrogens (tertiary/aromatic N) is 2. The fraction of sp³-hybridized carbons (Fsp3) is 0.514. The molecule has 2 aromatic carbocycles. The minimum atomic E-state index is -1.23. The summed E-state index contributed by atoms with van der Waals surface area (Å²) in [5.41, 5.74) is 0.317. The molecule has 0 unspecified atom stereocenters. The zero-order valence-corrected chi connectivity index (χ0v) is 28.7. The maximum atomic E-state index is 13.1. The van der Waals surface area contributed by atoms with Crippen molar-refractivity contribution < 1.29 is 28.5 Å². The summed E-state index contributed by atoms with van der Waals surface area (Å²) in [6, 6.07) is 11.1. The van der Waals surface area contributed by atoms with E-state index in [1.165, 1.54) is 12.2 Å². The molecule has 0 saturated heterocycles. The van der Waals surface area contributed by atoms with Gasteiger partial charge in [0.25, 0.3) is 0 Å². The van der Waals surface area contributed by atoms with Crippen molar-refractivity contribution in [3.63, 3.8) is 0 Å². The van der Waals surface area contributed by atoms with Crippen molar-refractivity contribution in [2.45, 2.75) is 54.4 Å². The number of hydrogen-bond acceptors (Lipinski definition) is 8. The number of rotatable bonds is 22. The van der Waals surface area contributed by atoms with Gasteiger partial charge in [0.15, 0.2) is 34.6 Å². The van der Waals surface area contributed by atoms with Gasteiger partial charge in [-0.15, -0.1) is 0 Å². The van der Waals surface area contributed by atoms with Crippen LogP contribution in [0.15, 0.2) is 48.6 Å². The monoisotopic (exact) mass is 622 g/mol. The maximum Gasteiger partial charge on any atom is 0.169 e. The molecule has 2 rings (SSSR count). The molecule has 45 heavy (non-hydrogen) atoms. The molecule has 0 atom stereocenters. The zero-order valence-electron chi connectivity index (χ0n) is 28.7. The molecule has 8 heteroatoms. The van der Waals surface area contributed by atoms with Gasteiger partial charge in [0.05, 0.1) is 32.8 Å². The van der Waals surface area contributed by atoms with Crippen molar-refractivity contribution in [2.24, 2.45) is 5.41 Å². The molecule has 0 aliphatic heterocycles. The fourth-order valence-electron chi connectivity index (χ4n) is 4.72. The highest BCUT2D eigenvalue weighted by Gasteiger charge is 2.32. The lowest BCUT2D eigenvalue weighted by Crippen LogP contribution is -2.30. The number of ether oxygens (including phenoxy) is 4. The second-order valence-corrected chi connectivity index (χ2v) is 11.3. The Morgan fingerprint density at radius 1 is 0.644 bits per heavy atom. The standard InChI is InChI=1S/C37H54N2O6/c1-9-38(10-2)23-13-25-44-31-19-15-29(27-33(31)42-7)17-21-35(40)37(5,6)36(41)22-18-30-16-20-32(34(28-30)43-8)45-26-14-24-39(11-3)12-4/h15-22,27-28H,9-14,23-26H2,1-8H3/b21-17+,22-18+. The van der Waals surface area contributed by atoms with E-state index in [4.69, 9.17) is 18.9 Å². The van der Waals surface area contributed by atoms with Gasteiger partial charge in [-0.1, -0.05) is 52.0 Å². The van der Waals surface area contributed by atoms with Crippen LogP contribution in [0.4, 0.5) is 0 Å². The molecule has 0 heterocycles. The van der Waals surface area contributed by atoms with Gasteiger partial charge < -0.3 is 28.7 Å². The Balaban J connectivity index is 1.99. The van der Waals surface area contributed by atoms with E-state index < -0.39 is 5.41 Å². The Hall–Kier alpha value is -3.62. The number of carbonyl (C=O) groups excluding carboxylic acids is 2. The van der Waals surface area contributed by atoms with Crippen LogP contribution in [0.3, 0.4) is 0 Å². The number of ketones is 2. The van der Waals surface area contributed by atoms with Gasteiger partial charge in [-0.25, -0.2) is 0 Å². The fourth-order valence-corrected chi connectivity index (χ4v) is 4.72. The molecule has 8 nitrogen and oxygen atoms in total. The van der Waals surface area contributed by atoms with E-state index in [1.54, 1.807) is 40.2 Å². The molecule has 0 amide bonds. The highest BCUT2D eigenvalue weighted by Crippen LogP contribution is 2.30. The number of allylic oxidation sites excluding steroid dienone is 2. The summed E-state index contributed by atoms with van der Waals surface area (Å²) in [4.78, 5) is 30.9. The molecule has 0 aromatic heterocycles. The third kappa shape index (κ3) is 12.0. The summed E-state index contributed by atoms with van der Waals surface area (Å²) < 4.78 is 22.9. The Kier molecular flexibility index (Phi) is 16.4. The Morgan fingerprint density at radius 3 is 1.36 bits per heavy atom. The molecule has 0 saturated carbocycles. The smallest absolute Gasteiger partial charge is 0.169 e. The van der Waals surface area contributed by atoms with Crippen LogP contribution in [0.25, 0.3) is 12.2 Å². The van der Waals surface area contributed by atoms with E-state index >= 15 is 0 Å². The van der Waals surface area contributed by atoms with Gasteiger partial charge in [0.2, 0.25) is 0 Å². The van der Waals surface area contributed by atoms with Crippen LogP contribution in [0.5, 0.6) is 23.0 Å². The lowest BCUT2D eigenvalue weighted by molar-refractivity contribution is -0.132. The van der Waals surface area contributed by atoms with Crippen molar-refractivity contribution in [3.05, 3.63) is 59.7 Å². The van der Waals surface area contributed by atoms with E-state index in [0.717, 1.165) is 63.2 Å². The predicted octanol–water partition coefficient (Wildman–Crippen LogP) is 6.82. The number of carbonyl (C=O) groups is 2. The first kappa shape index (κ1) is 37.6. The quantitative estimate of drug-likeness (QED) is 0.0805. The van der Waals surface area contributed by atoms with Gasteiger partial charge in [0.1, 0.15) is 0 Å². The molecular formula is C37H54N2O6. The first-order valence-corrected chi connectivity index (χ1v) is 16.1. The summed E-state index contributed by atoms with van der Waals surface area (Å²) in [7, 11) is 3.19. The lowest BCUT2D eigenvalue weighted by atomic mass is 9.82. The third-order valence-corrected chi connectivity index (χ3v) is 8.00.